The van der Waals surface area contributed by atoms with Crippen LogP contribution in [0.25, 0.3) is 0 Å². The van der Waals surface area contributed by atoms with Crippen molar-refractivity contribution in [2.24, 2.45) is 5.10 Å². The van der Waals surface area contributed by atoms with Gasteiger partial charge in [-0.3, -0.25) is 5.43 Å². The molecule has 162 valence electrons. The van der Waals surface area contributed by atoms with Crippen LogP contribution >= 0.6 is 11.6 Å². The molecule has 9 heteroatoms. The maximum atomic E-state index is 12.6. The molecule has 1 aromatic heterocycles. The molecule has 1 heterocycles. The van der Waals surface area contributed by atoms with Gasteiger partial charge in [0.2, 0.25) is 0 Å². The standard InChI is InChI=1S/C22H19ClF3N3O2/c1-14-4-3-5-15(8-14)13-31-21-18(23)9-16(10-19(21)30-2)11-28-29-20-7-6-17(12-27-20)22(24,25)26/h3-12H,13H2,1-2H3,(H,27,29)/b28-11-. The fourth-order valence-electron chi connectivity index (χ4n) is 2.71. The molecule has 0 aliphatic heterocycles. The van der Waals surface area contributed by atoms with Crippen molar-refractivity contribution in [3.05, 3.63) is 82.0 Å². The number of ether oxygens (including phenoxy) is 2. The van der Waals surface area contributed by atoms with Crippen LogP contribution in [0.1, 0.15) is 22.3 Å². The highest BCUT2D eigenvalue weighted by molar-refractivity contribution is 6.32. The van der Waals surface area contributed by atoms with Gasteiger partial charge in [-0.15, -0.1) is 0 Å². The molecule has 2 aromatic carbocycles. The van der Waals surface area contributed by atoms with E-state index >= 15 is 0 Å². The largest absolute Gasteiger partial charge is 0.493 e. The lowest BCUT2D eigenvalue weighted by atomic mass is 10.1. The molecule has 0 atom stereocenters. The summed E-state index contributed by atoms with van der Waals surface area (Å²) in [4.78, 5) is 3.69. The van der Waals surface area contributed by atoms with Gasteiger partial charge in [0.25, 0.3) is 0 Å². The summed E-state index contributed by atoms with van der Waals surface area (Å²) in [6.07, 6.45) is -2.26. The number of anilines is 1. The number of rotatable bonds is 7. The number of nitrogens with one attached hydrogen (secondary N) is 1. The van der Waals surface area contributed by atoms with E-state index in [1.54, 1.807) is 12.1 Å². The Morgan fingerprint density at radius 3 is 2.61 bits per heavy atom. The van der Waals surface area contributed by atoms with Gasteiger partial charge in [-0.2, -0.15) is 18.3 Å². The fraction of sp³-hybridized carbons (Fsp3) is 0.182. The first kappa shape index (κ1) is 22.4. The first-order valence-electron chi connectivity index (χ1n) is 9.14. The maximum Gasteiger partial charge on any atom is 0.417 e. The first-order chi connectivity index (χ1) is 14.8. The van der Waals surface area contributed by atoms with Gasteiger partial charge in [0.15, 0.2) is 11.5 Å². The number of nitrogens with zero attached hydrogens (tertiary/aromatic N) is 2. The number of hydrazone groups is 1. The van der Waals surface area contributed by atoms with E-state index < -0.39 is 11.7 Å². The number of aryl methyl sites for hydroxylation is 1. The van der Waals surface area contributed by atoms with Crippen LogP contribution < -0.4 is 14.9 Å². The zero-order chi connectivity index (χ0) is 22.4. The number of methoxy groups -OCH3 is 1. The van der Waals surface area contributed by atoms with Crippen molar-refractivity contribution in [3.8, 4) is 11.5 Å². The molecule has 0 spiro atoms. The van der Waals surface area contributed by atoms with Crippen LogP contribution in [0.3, 0.4) is 0 Å². The van der Waals surface area contributed by atoms with Crippen molar-refractivity contribution >= 4 is 23.6 Å². The van der Waals surface area contributed by atoms with E-state index in [4.69, 9.17) is 21.1 Å². The van der Waals surface area contributed by atoms with E-state index in [0.29, 0.717) is 28.7 Å². The number of hydrogen-bond donors (Lipinski definition) is 1. The molecule has 3 aromatic rings. The Balaban J connectivity index is 1.69. The van der Waals surface area contributed by atoms with Gasteiger partial charge in [-0.1, -0.05) is 41.4 Å². The van der Waals surface area contributed by atoms with E-state index in [1.807, 2.05) is 31.2 Å². The van der Waals surface area contributed by atoms with Gasteiger partial charge in [-0.25, -0.2) is 4.98 Å². The topological polar surface area (TPSA) is 55.7 Å². The highest BCUT2D eigenvalue weighted by Gasteiger charge is 2.30. The molecular formula is C22H19ClF3N3O2. The lowest BCUT2D eigenvalue weighted by Crippen LogP contribution is -2.05. The van der Waals surface area contributed by atoms with E-state index in [-0.39, 0.29) is 5.82 Å². The smallest absolute Gasteiger partial charge is 0.417 e. The monoisotopic (exact) mass is 449 g/mol. The molecule has 5 nitrogen and oxygen atoms in total. The van der Waals surface area contributed by atoms with Crippen LogP contribution in [0.5, 0.6) is 11.5 Å². The lowest BCUT2D eigenvalue weighted by molar-refractivity contribution is -0.137. The van der Waals surface area contributed by atoms with Crippen LogP contribution in [-0.2, 0) is 12.8 Å². The average molecular weight is 450 g/mol. The summed E-state index contributed by atoms with van der Waals surface area (Å²) in [7, 11) is 1.50. The molecule has 31 heavy (non-hydrogen) atoms. The van der Waals surface area contributed by atoms with Gasteiger partial charge in [0.1, 0.15) is 12.4 Å². The minimum atomic E-state index is -4.44. The maximum absolute atomic E-state index is 12.6. The number of aromatic nitrogens is 1. The number of pyridine rings is 1. The van der Waals surface area contributed by atoms with Crippen LogP contribution in [0.15, 0.2) is 59.8 Å². The Kier molecular flexibility index (Phi) is 7.02. The molecule has 0 unspecified atom stereocenters. The van der Waals surface area contributed by atoms with Crippen molar-refractivity contribution in [1.29, 1.82) is 0 Å². The molecule has 1 N–H and O–H groups in total. The highest BCUT2D eigenvalue weighted by atomic mass is 35.5. The number of alkyl halides is 3. The number of hydrogen-bond acceptors (Lipinski definition) is 5. The Morgan fingerprint density at radius 2 is 1.97 bits per heavy atom. The highest BCUT2D eigenvalue weighted by Crippen LogP contribution is 2.36. The first-order valence-corrected chi connectivity index (χ1v) is 9.52. The van der Waals surface area contributed by atoms with E-state index in [0.717, 1.165) is 23.4 Å². The van der Waals surface area contributed by atoms with Crippen LogP contribution in [0.4, 0.5) is 19.0 Å². The third-order valence-electron chi connectivity index (χ3n) is 4.20. The van der Waals surface area contributed by atoms with Crippen molar-refractivity contribution in [1.82, 2.24) is 4.98 Å². The Labute approximate surface area is 182 Å². The summed E-state index contributed by atoms with van der Waals surface area (Å²) in [6.45, 7) is 2.33. The van der Waals surface area contributed by atoms with Crippen molar-refractivity contribution in [2.45, 2.75) is 19.7 Å². The normalized spacial score (nSPS) is 11.5. The Bertz CT molecular complexity index is 1070. The van der Waals surface area contributed by atoms with Crippen LogP contribution in [0.2, 0.25) is 5.02 Å². The Hall–Kier alpha value is -3.26. The molecule has 0 amide bonds. The third kappa shape index (κ3) is 6.11. The summed E-state index contributed by atoms with van der Waals surface area (Å²) in [5, 5.41) is 4.31. The second-order valence-corrected chi connectivity index (χ2v) is 7.02. The minimum absolute atomic E-state index is 0.167. The summed E-state index contributed by atoms with van der Waals surface area (Å²) in [6, 6.07) is 13.4. The summed E-state index contributed by atoms with van der Waals surface area (Å²) < 4.78 is 49.0. The molecule has 0 aliphatic rings. The van der Waals surface area contributed by atoms with Gasteiger partial charge in [-0.05, 0) is 42.3 Å². The minimum Gasteiger partial charge on any atom is -0.493 e. The lowest BCUT2D eigenvalue weighted by Gasteiger charge is -2.13. The van der Waals surface area contributed by atoms with Crippen LogP contribution in [0, 0.1) is 6.92 Å². The second-order valence-electron chi connectivity index (χ2n) is 6.61. The Morgan fingerprint density at radius 1 is 1.16 bits per heavy atom. The summed E-state index contributed by atoms with van der Waals surface area (Å²) in [5.74, 6) is 0.995. The van der Waals surface area contributed by atoms with Gasteiger partial charge in [0, 0.05) is 6.20 Å². The molecule has 0 aliphatic carbocycles. The molecule has 0 radical (unpaired) electrons. The number of benzene rings is 2. The van der Waals surface area contributed by atoms with Gasteiger partial charge in [0.05, 0.1) is 23.9 Å². The zero-order valence-electron chi connectivity index (χ0n) is 16.7. The van der Waals surface area contributed by atoms with E-state index in [1.165, 1.54) is 19.4 Å². The summed E-state index contributed by atoms with van der Waals surface area (Å²) >= 11 is 6.36. The molecule has 0 fully saturated rings. The molecule has 0 saturated heterocycles. The molecule has 0 bridgehead atoms. The zero-order valence-corrected chi connectivity index (χ0v) is 17.5. The third-order valence-corrected chi connectivity index (χ3v) is 4.48. The predicted molar refractivity (Wildman–Crippen MR) is 114 cm³/mol. The molecule has 3 rings (SSSR count). The SMILES string of the molecule is COc1cc(/C=N\Nc2ccc(C(F)(F)F)cn2)cc(Cl)c1OCc1cccc(C)c1. The van der Waals surface area contributed by atoms with Gasteiger partial charge >= 0.3 is 6.18 Å². The fourth-order valence-corrected chi connectivity index (χ4v) is 2.99. The van der Waals surface area contributed by atoms with Gasteiger partial charge < -0.3 is 9.47 Å². The van der Waals surface area contributed by atoms with Crippen LogP contribution in [-0.4, -0.2) is 18.3 Å². The van der Waals surface area contributed by atoms with Crippen molar-refractivity contribution in [3.63, 3.8) is 0 Å². The second kappa shape index (κ2) is 9.70. The number of halogens is 4. The average Bonchev–Trinajstić information content (AvgIpc) is 2.72. The van der Waals surface area contributed by atoms with Crippen molar-refractivity contribution < 1.29 is 22.6 Å². The molecular weight excluding hydrogens is 431 g/mol. The predicted octanol–water partition coefficient (Wildman–Crippen LogP) is 6.10. The quantitative estimate of drug-likeness (QED) is 0.350. The van der Waals surface area contributed by atoms with Crippen molar-refractivity contribution in [2.75, 3.05) is 12.5 Å². The van der Waals surface area contributed by atoms with E-state index in [2.05, 4.69) is 15.5 Å². The van der Waals surface area contributed by atoms with E-state index in [9.17, 15) is 13.2 Å². The molecule has 0 saturated carbocycles. The summed E-state index contributed by atoms with van der Waals surface area (Å²) in [5.41, 5.74) is 4.46.